The molecule has 2 aromatic rings. The van der Waals surface area contributed by atoms with E-state index in [1.165, 1.54) is 24.3 Å². The highest BCUT2D eigenvalue weighted by molar-refractivity contribution is 5.97. The first-order chi connectivity index (χ1) is 11.5. The monoisotopic (exact) mass is 327 g/mol. The van der Waals surface area contributed by atoms with Gasteiger partial charge in [0.2, 0.25) is 0 Å². The van der Waals surface area contributed by atoms with E-state index < -0.39 is 0 Å². The standard InChI is InChI=1S/C17H18FN5O/c1-23(17(24)14-6-8-15(18)9-7-14)10-12-2-4-13(5-3-12)16(20)22-21-11-19/h2-9,11H,10H2,1H3,(H2,19,21)(H2,20,22). The number of amidine groups is 1. The van der Waals surface area contributed by atoms with Crippen molar-refractivity contribution in [2.75, 3.05) is 7.05 Å². The fraction of sp³-hybridized carbons (Fsp3) is 0.118. The van der Waals surface area contributed by atoms with E-state index in [-0.39, 0.29) is 17.6 Å². The zero-order valence-electron chi connectivity index (χ0n) is 13.2. The number of nitrogens with two attached hydrogens (primary N) is 2. The average Bonchev–Trinajstić information content (AvgIpc) is 2.60. The summed E-state index contributed by atoms with van der Waals surface area (Å²) in [5.41, 5.74) is 12.9. The predicted molar refractivity (Wildman–Crippen MR) is 92.0 cm³/mol. The van der Waals surface area contributed by atoms with Crippen molar-refractivity contribution in [2.45, 2.75) is 6.54 Å². The number of amides is 1. The molecule has 0 aliphatic heterocycles. The summed E-state index contributed by atoms with van der Waals surface area (Å²) in [7, 11) is 1.69. The zero-order chi connectivity index (χ0) is 17.5. The van der Waals surface area contributed by atoms with Gasteiger partial charge in [-0.3, -0.25) is 4.79 Å². The Bertz CT molecular complexity index is 754. The second-order valence-corrected chi connectivity index (χ2v) is 5.11. The van der Waals surface area contributed by atoms with Gasteiger partial charge in [0.1, 0.15) is 12.2 Å². The molecule has 0 radical (unpaired) electrons. The van der Waals surface area contributed by atoms with E-state index in [9.17, 15) is 9.18 Å². The highest BCUT2D eigenvalue weighted by Crippen LogP contribution is 2.11. The Balaban J connectivity index is 2.05. The highest BCUT2D eigenvalue weighted by Gasteiger charge is 2.12. The van der Waals surface area contributed by atoms with Crippen molar-refractivity contribution < 1.29 is 9.18 Å². The van der Waals surface area contributed by atoms with Gasteiger partial charge in [0.05, 0.1) is 0 Å². The first-order valence-corrected chi connectivity index (χ1v) is 7.18. The van der Waals surface area contributed by atoms with Crippen LogP contribution in [-0.2, 0) is 6.54 Å². The topological polar surface area (TPSA) is 97.1 Å². The molecule has 0 spiro atoms. The van der Waals surface area contributed by atoms with E-state index in [1.807, 2.05) is 12.1 Å². The third-order valence-electron chi connectivity index (χ3n) is 3.34. The quantitative estimate of drug-likeness (QED) is 0.497. The summed E-state index contributed by atoms with van der Waals surface area (Å²) >= 11 is 0. The van der Waals surface area contributed by atoms with Gasteiger partial charge in [-0.05, 0) is 29.8 Å². The maximum absolute atomic E-state index is 12.9. The van der Waals surface area contributed by atoms with Gasteiger partial charge >= 0.3 is 0 Å². The molecule has 1 amide bonds. The fourth-order valence-electron chi connectivity index (χ4n) is 2.09. The van der Waals surface area contributed by atoms with Crippen LogP contribution in [0.3, 0.4) is 0 Å². The van der Waals surface area contributed by atoms with E-state index in [0.717, 1.165) is 11.9 Å². The first-order valence-electron chi connectivity index (χ1n) is 7.18. The lowest BCUT2D eigenvalue weighted by atomic mass is 10.1. The molecule has 2 rings (SSSR count). The van der Waals surface area contributed by atoms with Crippen molar-refractivity contribution in [3.63, 3.8) is 0 Å². The Kier molecular flexibility index (Phi) is 5.62. The molecule has 0 saturated heterocycles. The molecule has 4 N–H and O–H groups in total. The van der Waals surface area contributed by atoms with Gasteiger partial charge in [-0.2, -0.15) is 0 Å². The van der Waals surface area contributed by atoms with Crippen LogP contribution in [0.1, 0.15) is 21.5 Å². The number of hydrogen-bond acceptors (Lipinski definition) is 3. The Morgan fingerprint density at radius 1 is 1.12 bits per heavy atom. The van der Waals surface area contributed by atoms with Crippen LogP contribution in [0.25, 0.3) is 0 Å². The SMILES string of the molecule is CN(Cc1ccc(/C(N)=N/N=C\N)cc1)C(=O)c1ccc(F)cc1. The summed E-state index contributed by atoms with van der Waals surface area (Å²) in [6.45, 7) is 0.411. The number of rotatable bonds is 5. The van der Waals surface area contributed by atoms with Gasteiger partial charge in [-0.25, -0.2) is 4.39 Å². The number of benzene rings is 2. The third kappa shape index (κ3) is 4.39. The van der Waals surface area contributed by atoms with Crippen LogP contribution in [-0.4, -0.2) is 30.0 Å². The molecule has 0 aliphatic carbocycles. The molecule has 0 unspecified atom stereocenters. The minimum atomic E-state index is -0.372. The van der Waals surface area contributed by atoms with Crippen LogP contribution in [0.5, 0.6) is 0 Å². The zero-order valence-corrected chi connectivity index (χ0v) is 13.2. The molecular formula is C17H18FN5O. The highest BCUT2D eigenvalue weighted by atomic mass is 19.1. The van der Waals surface area contributed by atoms with Crippen LogP contribution in [0, 0.1) is 5.82 Å². The lowest BCUT2D eigenvalue weighted by molar-refractivity contribution is 0.0785. The minimum absolute atomic E-state index is 0.183. The molecule has 2 aromatic carbocycles. The maximum atomic E-state index is 12.9. The Morgan fingerprint density at radius 3 is 2.29 bits per heavy atom. The smallest absolute Gasteiger partial charge is 0.253 e. The molecular weight excluding hydrogens is 309 g/mol. The molecule has 24 heavy (non-hydrogen) atoms. The summed E-state index contributed by atoms with van der Waals surface area (Å²) in [4.78, 5) is 13.8. The Labute approximate surface area is 139 Å². The molecule has 124 valence electrons. The van der Waals surface area contributed by atoms with E-state index >= 15 is 0 Å². The third-order valence-corrected chi connectivity index (χ3v) is 3.34. The number of carbonyl (C=O) groups excluding carboxylic acids is 1. The van der Waals surface area contributed by atoms with E-state index in [2.05, 4.69) is 10.2 Å². The maximum Gasteiger partial charge on any atom is 0.253 e. The molecule has 0 fully saturated rings. The second kappa shape index (κ2) is 7.87. The minimum Gasteiger partial charge on any atom is -0.388 e. The van der Waals surface area contributed by atoms with Gasteiger partial charge in [0, 0.05) is 24.7 Å². The average molecular weight is 327 g/mol. The Morgan fingerprint density at radius 2 is 1.71 bits per heavy atom. The van der Waals surface area contributed by atoms with Crippen LogP contribution < -0.4 is 11.5 Å². The van der Waals surface area contributed by atoms with E-state index in [1.54, 1.807) is 24.1 Å². The van der Waals surface area contributed by atoms with Gasteiger partial charge in [0.15, 0.2) is 5.84 Å². The molecule has 0 atom stereocenters. The van der Waals surface area contributed by atoms with Crippen molar-refractivity contribution in [3.8, 4) is 0 Å². The first kappa shape index (κ1) is 17.1. The van der Waals surface area contributed by atoms with Crippen molar-refractivity contribution >= 4 is 18.1 Å². The number of nitrogens with zero attached hydrogens (tertiary/aromatic N) is 3. The molecule has 0 saturated carbocycles. The number of carbonyl (C=O) groups is 1. The summed E-state index contributed by atoms with van der Waals surface area (Å²) in [6.07, 6.45) is 1.05. The fourth-order valence-corrected chi connectivity index (χ4v) is 2.09. The van der Waals surface area contributed by atoms with Crippen LogP contribution in [0.15, 0.2) is 58.7 Å². The molecule has 6 nitrogen and oxygen atoms in total. The van der Waals surface area contributed by atoms with Gasteiger partial charge in [-0.15, -0.1) is 10.2 Å². The van der Waals surface area contributed by atoms with E-state index in [4.69, 9.17) is 11.5 Å². The lowest BCUT2D eigenvalue weighted by Crippen LogP contribution is -2.26. The van der Waals surface area contributed by atoms with Gasteiger partial charge in [0.25, 0.3) is 5.91 Å². The number of hydrogen-bond donors (Lipinski definition) is 2. The van der Waals surface area contributed by atoms with Gasteiger partial charge < -0.3 is 16.4 Å². The second-order valence-electron chi connectivity index (χ2n) is 5.11. The van der Waals surface area contributed by atoms with Crippen molar-refractivity contribution in [1.82, 2.24) is 4.90 Å². The van der Waals surface area contributed by atoms with Gasteiger partial charge in [-0.1, -0.05) is 24.3 Å². The van der Waals surface area contributed by atoms with Crippen LogP contribution in [0.4, 0.5) is 4.39 Å². The molecule has 0 aliphatic rings. The normalized spacial score (nSPS) is 11.7. The largest absolute Gasteiger partial charge is 0.388 e. The predicted octanol–water partition coefficient (Wildman–Crippen LogP) is 1.71. The molecule has 0 heterocycles. The molecule has 7 heteroatoms. The summed E-state index contributed by atoms with van der Waals surface area (Å²) in [5, 5.41) is 7.24. The summed E-state index contributed by atoms with van der Waals surface area (Å²) < 4.78 is 12.9. The van der Waals surface area contributed by atoms with Crippen LogP contribution >= 0.6 is 0 Å². The van der Waals surface area contributed by atoms with Crippen LogP contribution in [0.2, 0.25) is 0 Å². The summed E-state index contributed by atoms with van der Waals surface area (Å²) in [5.74, 6) is -0.306. The molecule has 0 bridgehead atoms. The lowest BCUT2D eigenvalue weighted by Gasteiger charge is -2.17. The summed E-state index contributed by atoms with van der Waals surface area (Å²) in [6, 6.07) is 12.7. The van der Waals surface area contributed by atoms with Crippen molar-refractivity contribution in [3.05, 3.63) is 71.0 Å². The van der Waals surface area contributed by atoms with Crippen molar-refractivity contribution in [1.29, 1.82) is 0 Å². The molecule has 0 aromatic heterocycles. The number of halogens is 1. The van der Waals surface area contributed by atoms with Crippen molar-refractivity contribution in [2.24, 2.45) is 21.7 Å². The Hall–Kier alpha value is -3.22. The van der Waals surface area contributed by atoms with E-state index in [0.29, 0.717) is 17.7 Å².